The summed E-state index contributed by atoms with van der Waals surface area (Å²) in [5.41, 5.74) is 1.05. The van der Waals surface area contributed by atoms with Crippen molar-refractivity contribution in [2.75, 3.05) is 0 Å². The normalized spacial score (nSPS) is 10.6. The fourth-order valence-electron chi connectivity index (χ4n) is 1.96. The van der Waals surface area contributed by atoms with Gasteiger partial charge in [-0.3, -0.25) is 4.79 Å². The molecule has 0 radical (unpaired) electrons. The summed E-state index contributed by atoms with van der Waals surface area (Å²) in [5, 5.41) is 14.5. The highest BCUT2D eigenvalue weighted by Gasteiger charge is 2.05. The number of hydrogen-bond donors (Lipinski definition) is 2. The summed E-state index contributed by atoms with van der Waals surface area (Å²) >= 11 is 3.37. The molecule has 0 heterocycles. The van der Waals surface area contributed by atoms with Crippen LogP contribution in [0.3, 0.4) is 0 Å². The standard InChI is InChI=1S/C15H16BrNO2/c1-2-3-14(19)17-9-10-4-6-12-11(8-10)5-7-13(18)15(12)16/h4-8,18H,2-3,9H2,1H3,(H,17,19). The first-order valence-corrected chi connectivity index (χ1v) is 7.08. The van der Waals surface area contributed by atoms with E-state index in [1.165, 1.54) is 0 Å². The third kappa shape index (κ3) is 3.26. The number of fused-ring (bicyclic) bond motifs is 1. The van der Waals surface area contributed by atoms with Crippen molar-refractivity contribution in [3.63, 3.8) is 0 Å². The van der Waals surface area contributed by atoms with Gasteiger partial charge in [0.25, 0.3) is 0 Å². The van der Waals surface area contributed by atoms with E-state index in [1.54, 1.807) is 6.07 Å². The molecular weight excluding hydrogens is 306 g/mol. The van der Waals surface area contributed by atoms with Gasteiger partial charge in [-0.1, -0.05) is 25.1 Å². The highest BCUT2D eigenvalue weighted by molar-refractivity contribution is 9.10. The molecule has 0 atom stereocenters. The van der Waals surface area contributed by atoms with Crippen molar-refractivity contribution in [2.45, 2.75) is 26.3 Å². The molecule has 2 rings (SSSR count). The molecule has 0 unspecified atom stereocenters. The minimum Gasteiger partial charge on any atom is -0.507 e. The topological polar surface area (TPSA) is 49.3 Å². The summed E-state index contributed by atoms with van der Waals surface area (Å²) in [4.78, 5) is 11.4. The molecule has 0 saturated heterocycles. The molecule has 2 aromatic carbocycles. The number of nitrogens with one attached hydrogen (secondary N) is 1. The maximum absolute atomic E-state index is 11.4. The molecule has 3 nitrogen and oxygen atoms in total. The summed E-state index contributed by atoms with van der Waals surface area (Å²) in [6, 6.07) is 9.45. The fraction of sp³-hybridized carbons (Fsp3) is 0.267. The lowest BCUT2D eigenvalue weighted by atomic mass is 10.1. The Balaban J connectivity index is 2.18. The Morgan fingerprint density at radius 1 is 1.32 bits per heavy atom. The van der Waals surface area contributed by atoms with Crippen molar-refractivity contribution >= 4 is 32.6 Å². The third-order valence-corrected chi connectivity index (χ3v) is 3.80. The van der Waals surface area contributed by atoms with Gasteiger partial charge in [-0.2, -0.15) is 0 Å². The van der Waals surface area contributed by atoms with Crippen LogP contribution in [0.2, 0.25) is 0 Å². The number of carbonyl (C=O) groups is 1. The zero-order valence-electron chi connectivity index (χ0n) is 10.7. The van der Waals surface area contributed by atoms with Crippen molar-refractivity contribution in [1.29, 1.82) is 0 Å². The first-order chi connectivity index (χ1) is 9.11. The summed E-state index contributed by atoms with van der Waals surface area (Å²) in [5.74, 6) is 0.311. The smallest absolute Gasteiger partial charge is 0.220 e. The lowest BCUT2D eigenvalue weighted by Gasteiger charge is -2.08. The summed E-state index contributed by atoms with van der Waals surface area (Å²) in [6.07, 6.45) is 1.42. The number of carbonyl (C=O) groups excluding carboxylic acids is 1. The van der Waals surface area contributed by atoms with Crippen molar-refractivity contribution in [2.24, 2.45) is 0 Å². The highest BCUT2D eigenvalue weighted by Crippen LogP contribution is 2.32. The lowest BCUT2D eigenvalue weighted by molar-refractivity contribution is -0.121. The van der Waals surface area contributed by atoms with Crippen LogP contribution in [0.4, 0.5) is 0 Å². The SMILES string of the molecule is CCCC(=O)NCc1ccc2c(Br)c(O)ccc2c1. The summed E-state index contributed by atoms with van der Waals surface area (Å²) < 4.78 is 0.701. The minimum atomic E-state index is 0.0782. The maximum Gasteiger partial charge on any atom is 0.220 e. The first-order valence-electron chi connectivity index (χ1n) is 6.28. The number of benzene rings is 2. The van der Waals surface area contributed by atoms with E-state index < -0.39 is 0 Å². The van der Waals surface area contributed by atoms with Crippen LogP contribution >= 0.6 is 15.9 Å². The Labute approximate surface area is 120 Å². The molecule has 0 aliphatic heterocycles. The number of phenolic OH excluding ortho intramolecular Hbond substituents is 1. The number of phenols is 1. The molecular formula is C15H16BrNO2. The third-order valence-electron chi connectivity index (χ3n) is 2.96. The number of amides is 1. The van der Waals surface area contributed by atoms with Crippen LogP contribution < -0.4 is 5.32 Å². The van der Waals surface area contributed by atoms with E-state index in [0.717, 1.165) is 22.8 Å². The fourth-order valence-corrected chi connectivity index (χ4v) is 2.45. The van der Waals surface area contributed by atoms with E-state index in [-0.39, 0.29) is 11.7 Å². The molecule has 0 aliphatic carbocycles. The molecule has 1 amide bonds. The summed E-state index contributed by atoms with van der Waals surface area (Å²) in [6.45, 7) is 2.52. The number of halogens is 1. The number of hydrogen-bond acceptors (Lipinski definition) is 2. The first kappa shape index (κ1) is 13.9. The quantitative estimate of drug-likeness (QED) is 0.901. The number of aromatic hydroxyl groups is 1. The second-order valence-corrected chi connectivity index (χ2v) is 5.27. The molecule has 2 N–H and O–H groups in total. The van der Waals surface area contributed by atoms with Gasteiger partial charge in [0.15, 0.2) is 0 Å². The van der Waals surface area contributed by atoms with Gasteiger partial charge in [-0.05, 0) is 50.8 Å². The van der Waals surface area contributed by atoms with Crippen LogP contribution in [-0.4, -0.2) is 11.0 Å². The predicted octanol–water partition coefficient (Wildman–Crippen LogP) is 3.72. The lowest BCUT2D eigenvalue weighted by Crippen LogP contribution is -2.21. The van der Waals surface area contributed by atoms with Crippen molar-refractivity contribution in [3.8, 4) is 5.75 Å². The molecule has 2 aromatic rings. The van der Waals surface area contributed by atoms with Crippen LogP contribution in [0.25, 0.3) is 10.8 Å². The highest BCUT2D eigenvalue weighted by atomic mass is 79.9. The molecule has 0 bridgehead atoms. The second kappa shape index (κ2) is 6.06. The average Bonchev–Trinajstić information content (AvgIpc) is 2.41. The Bertz CT molecular complexity index is 610. The largest absolute Gasteiger partial charge is 0.507 e. The van der Waals surface area contributed by atoms with Gasteiger partial charge in [-0.25, -0.2) is 0 Å². The Kier molecular flexibility index (Phi) is 4.43. The molecule has 100 valence electrons. The van der Waals surface area contributed by atoms with Crippen molar-refractivity contribution in [1.82, 2.24) is 5.32 Å². The van der Waals surface area contributed by atoms with E-state index >= 15 is 0 Å². The van der Waals surface area contributed by atoms with Gasteiger partial charge >= 0.3 is 0 Å². The zero-order chi connectivity index (χ0) is 13.8. The van der Waals surface area contributed by atoms with E-state index in [2.05, 4.69) is 21.2 Å². The van der Waals surface area contributed by atoms with Gasteiger partial charge in [0.05, 0.1) is 4.47 Å². The predicted molar refractivity (Wildman–Crippen MR) is 80.1 cm³/mol. The minimum absolute atomic E-state index is 0.0782. The second-order valence-electron chi connectivity index (χ2n) is 4.48. The van der Waals surface area contributed by atoms with E-state index in [0.29, 0.717) is 17.4 Å². The van der Waals surface area contributed by atoms with Crippen LogP contribution in [0.15, 0.2) is 34.8 Å². The summed E-state index contributed by atoms with van der Waals surface area (Å²) in [7, 11) is 0. The van der Waals surface area contributed by atoms with Gasteiger partial charge in [0.2, 0.25) is 5.91 Å². The molecule has 4 heteroatoms. The Morgan fingerprint density at radius 2 is 2.11 bits per heavy atom. The van der Waals surface area contributed by atoms with Gasteiger partial charge in [-0.15, -0.1) is 0 Å². The van der Waals surface area contributed by atoms with Crippen molar-refractivity contribution < 1.29 is 9.90 Å². The van der Waals surface area contributed by atoms with E-state index in [1.807, 2.05) is 31.2 Å². The zero-order valence-corrected chi connectivity index (χ0v) is 12.3. The molecule has 0 aliphatic rings. The van der Waals surface area contributed by atoms with E-state index in [9.17, 15) is 9.90 Å². The van der Waals surface area contributed by atoms with Gasteiger partial charge in [0.1, 0.15) is 5.75 Å². The average molecular weight is 322 g/mol. The molecule has 0 aromatic heterocycles. The molecule has 0 fully saturated rings. The maximum atomic E-state index is 11.4. The van der Waals surface area contributed by atoms with Crippen LogP contribution in [0.1, 0.15) is 25.3 Å². The Hall–Kier alpha value is -1.55. The Morgan fingerprint density at radius 3 is 2.84 bits per heavy atom. The van der Waals surface area contributed by atoms with E-state index in [4.69, 9.17) is 0 Å². The van der Waals surface area contributed by atoms with Gasteiger partial charge in [0, 0.05) is 13.0 Å². The van der Waals surface area contributed by atoms with Crippen LogP contribution in [0.5, 0.6) is 5.75 Å². The molecule has 0 spiro atoms. The molecule has 19 heavy (non-hydrogen) atoms. The van der Waals surface area contributed by atoms with Crippen LogP contribution in [-0.2, 0) is 11.3 Å². The monoisotopic (exact) mass is 321 g/mol. The van der Waals surface area contributed by atoms with Crippen molar-refractivity contribution in [3.05, 3.63) is 40.4 Å². The van der Waals surface area contributed by atoms with Gasteiger partial charge < -0.3 is 10.4 Å². The molecule has 0 saturated carbocycles. The number of rotatable bonds is 4. The van der Waals surface area contributed by atoms with Crippen LogP contribution in [0, 0.1) is 0 Å².